The summed E-state index contributed by atoms with van der Waals surface area (Å²) in [5.41, 5.74) is 3.63. The molecule has 214 valence electrons. The summed E-state index contributed by atoms with van der Waals surface area (Å²) in [5.74, 6) is -0.205. The average Bonchev–Trinajstić information content (AvgIpc) is 2.97. The van der Waals surface area contributed by atoms with Gasteiger partial charge in [-0.15, -0.1) is 0 Å². The first-order valence-corrected chi connectivity index (χ1v) is 14.4. The van der Waals surface area contributed by atoms with Crippen molar-refractivity contribution in [3.8, 4) is 0 Å². The molecule has 1 atom stereocenters. The normalized spacial score (nSPS) is 11.9. The zero-order valence-electron chi connectivity index (χ0n) is 24.5. The maximum atomic E-state index is 14.0. The Bertz CT molecular complexity index is 1510. The molecule has 0 radical (unpaired) electrons. The number of rotatable bonds is 12. The van der Waals surface area contributed by atoms with E-state index in [0.717, 1.165) is 23.1 Å². The Balaban J connectivity index is 1.64. The number of fused-ring (bicyclic) bond motifs is 1. The highest BCUT2D eigenvalue weighted by atomic mass is 16.3. The van der Waals surface area contributed by atoms with Gasteiger partial charge < -0.3 is 14.2 Å². The van der Waals surface area contributed by atoms with Crippen LogP contribution in [-0.4, -0.2) is 34.7 Å². The van der Waals surface area contributed by atoms with Gasteiger partial charge in [0.2, 0.25) is 11.8 Å². The number of benzene rings is 3. The number of hydrogen-bond acceptors (Lipinski definition) is 4. The topological polar surface area (TPSA) is 70.8 Å². The van der Waals surface area contributed by atoms with Crippen LogP contribution in [0.4, 0.5) is 0 Å². The molecule has 0 N–H and O–H groups in total. The molecule has 0 aliphatic heterocycles. The molecule has 0 saturated heterocycles. The minimum absolute atomic E-state index is 0.0481. The van der Waals surface area contributed by atoms with Crippen molar-refractivity contribution >= 4 is 22.8 Å². The summed E-state index contributed by atoms with van der Waals surface area (Å²) in [6, 6.07) is 24.9. The Labute approximate surface area is 242 Å². The van der Waals surface area contributed by atoms with Crippen LogP contribution in [0.5, 0.6) is 0 Å². The van der Waals surface area contributed by atoms with Gasteiger partial charge in [0.05, 0.1) is 36.2 Å². The van der Waals surface area contributed by atoms with Gasteiger partial charge in [0.1, 0.15) is 5.58 Å². The van der Waals surface area contributed by atoms with Crippen LogP contribution in [0.1, 0.15) is 61.8 Å². The molecule has 41 heavy (non-hydrogen) atoms. The van der Waals surface area contributed by atoms with Gasteiger partial charge in [0, 0.05) is 13.1 Å². The highest BCUT2D eigenvalue weighted by molar-refractivity contribution is 5.88. The number of carbonyl (C=O) groups excluding carboxylic acids is 2. The predicted molar refractivity (Wildman–Crippen MR) is 163 cm³/mol. The van der Waals surface area contributed by atoms with Crippen LogP contribution in [-0.2, 0) is 22.7 Å². The molecule has 4 aromatic rings. The second-order valence-corrected chi connectivity index (χ2v) is 11.1. The standard InChI is InChI=1S/C35H40N2O4/c1-5-30(28-14-10-7-11-15-28)35(40)36(19-18-25(2)3)23-33(38)37(21-27-12-8-6-9-13-27)22-29-24-41-32-17-16-26(4)20-31(32)34(29)39/h6-17,20,24-25,30H,5,18-19,21-23H2,1-4H3. The minimum Gasteiger partial charge on any atom is -0.464 e. The molecular formula is C35H40N2O4. The molecule has 1 heterocycles. The number of nitrogens with zero attached hydrogens (tertiary/aromatic N) is 2. The van der Waals surface area contributed by atoms with Gasteiger partial charge in [-0.2, -0.15) is 0 Å². The minimum atomic E-state index is -0.325. The lowest BCUT2D eigenvalue weighted by atomic mass is 9.94. The molecule has 0 bridgehead atoms. The van der Waals surface area contributed by atoms with E-state index in [0.29, 0.717) is 42.0 Å². The Morgan fingerprint density at radius 1 is 0.878 bits per heavy atom. The summed E-state index contributed by atoms with van der Waals surface area (Å²) < 4.78 is 5.79. The van der Waals surface area contributed by atoms with Gasteiger partial charge in [0.15, 0.2) is 5.43 Å². The first-order valence-electron chi connectivity index (χ1n) is 14.4. The summed E-state index contributed by atoms with van der Waals surface area (Å²) in [6.45, 7) is 8.98. The molecule has 0 aliphatic carbocycles. The third-order valence-electron chi connectivity index (χ3n) is 7.45. The van der Waals surface area contributed by atoms with Gasteiger partial charge in [-0.3, -0.25) is 14.4 Å². The van der Waals surface area contributed by atoms with Crippen molar-refractivity contribution in [1.29, 1.82) is 0 Å². The van der Waals surface area contributed by atoms with Crippen molar-refractivity contribution in [2.24, 2.45) is 5.92 Å². The molecule has 0 fully saturated rings. The van der Waals surface area contributed by atoms with Gasteiger partial charge in [-0.05, 0) is 48.9 Å². The van der Waals surface area contributed by atoms with Crippen LogP contribution in [0.15, 0.2) is 94.3 Å². The van der Waals surface area contributed by atoms with Crippen LogP contribution in [0.3, 0.4) is 0 Å². The zero-order valence-corrected chi connectivity index (χ0v) is 24.5. The molecule has 3 aromatic carbocycles. The molecule has 1 unspecified atom stereocenters. The van der Waals surface area contributed by atoms with Crippen molar-refractivity contribution in [2.45, 2.75) is 59.5 Å². The van der Waals surface area contributed by atoms with Crippen molar-refractivity contribution in [1.82, 2.24) is 9.80 Å². The molecule has 6 nitrogen and oxygen atoms in total. The number of amides is 2. The summed E-state index contributed by atoms with van der Waals surface area (Å²) in [6.07, 6.45) is 2.88. The summed E-state index contributed by atoms with van der Waals surface area (Å²) >= 11 is 0. The van der Waals surface area contributed by atoms with Crippen LogP contribution in [0.25, 0.3) is 11.0 Å². The molecule has 0 spiro atoms. The molecule has 4 rings (SSSR count). The Kier molecular flexibility index (Phi) is 10.1. The number of carbonyl (C=O) groups is 2. The SMILES string of the molecule is CCC(C(=O)N(CCC(C)C)CC(=O)N(Cc1ccccc1)Cc1coc2ccc(C)cc2c1=O)c1ccccc1. The van der Waals surface area contributed by atoms with E-state index in [-0.39, 0.29) is 36.3 Å². The van der Waals surface area contributed by atoms with Gasteiger partial charge in [-0.25, -0.2) is 0 Å². The smallest absolute Gasteiger partial charge is 0.242 e. The first kappa shape index (κ1) is 29.8. The molecule has 1 aromatic heterocycles. The van der Waals surface area contributed by atoms with E-state index in [2.05, 4.69) is 13.8 Å². The lowest BCUT2D eigenvalue weighted by Gasteiger charge is -2.30. The van der Waals surface area contributed by atoms with Crippen molar-refractivity contribution in [3.05, 3.63) is 118 Å². The highest BCUT2D eigenvalue weighted by Crippen LogP contribution is 2.23. The Morgan fingerprint density at radius 2 is 1.56 bits per heavy atom. The van der Waals surface area contributed by atoms with E-state index < -0.39 is 0 Å². The van der Waals surface area contributed by atoms with Crippen molar-refractivity contribution in [2.75, 3.05) is 13.1 Å². The van der Waals surface area contributed by atoms with E-state index in [4.69, 9.17) is 4.42 Å². The summed E-state index contributed by atoms with van der Waals surface area (Å²) in [7, 11) is 0. The second-order valence-electron chi connectivity index (χ2n) is 11.1. The quantitative estimate of drug-likeness (QED) is 0.196. The summed E-state index contributed by atoms with van der Waals surface area (Å²) in [4.78, 5) is 44.7. The van der Waals surface area contributed by atoms with Crippen molar-refractivity contribution < 1.29 is 14.0 Å². The number of hydrogen-bond donors (Lipinski definition) is 0. The molecular weight excluding hydrogens is 512 g/mol. The maximum absolute atomic E-state index is 14.0. The van der Waals surface area contributed by atoms with Crippen LogP contribution in [0, 0.1) is 12.8 Å². The first-order chi connectivity index (χ1) is 19.8. The molecule has 6 heteroatoms. The maximum Gasteiger partial charge on any atom is 0.242 e. The van der Waals surface area contributed by atoms with E-state index in [1.54, 1.807) is 15.9 Å². The largest absolute Gasteiger partial charge is 0.464 e. The lowest BCUT2D eigenvalue weighted by Crippen LogP contribution is -2.45. The van der Waals surface area contributed by atoms with Crippen LogP contribution >= 0.6 is 0 Å². The monoisotopic (exact) mass is 552 g/mol. The Hall–Kier alpha value is -4.19. The second kappa shape index (κ2) is 13.9. The lowest BCUT2D eigenvalue weighted by molar-refractivity contribution is -0.142. The van der Waals surface area contributed by atoms with Gasteiger partial charge in [0.25, 0.3) is 0 Å². The molecule has 0 saturated carbocycles. The number of aryl methyl sites for hydroxylation is 1. The van der Waals surface area contributed by atoms with E-state index in [9.17, 15) is 14.4 Å². The Morgan fingerprint density at radius 3 is 2.22 bits per heavy atom. The van der Waals surface area contributed by atoms with Gasteiger partial charge in [-0.1, -0.05) is 93.1 Å². The van der Waals surface area contributed by atoms with Crippen molar-refractivity contribution in [3.63, 3.8) is 0 Å². The van der Waals surface area contributed by atoms with Gasteiger partial charge >= 0.3 is 0 Å². The van der Waals surface area contributed by atoms with Crippen LogP contribution in [0.2, 0.25) is 0 Å². The highest BCUT2D eigenvalue weighted by Gasteiger charge is 2.28. The van der Waals surface area contributed by atoms with Crippen LogP contribution < -0.4 is 5.43 Å². The molecule has 0 aliphatic rings. The zero-order chi connectivity index (χ0) is 29.4. The predicted octanol–water partition coefficient (Wildman–Crippen LogP) is 6.70. The summed E-state index contributed by atoms with van der Waals surface area (Å²) in [5, 5.41) is 0.497. The van der Waals surface area contributed by atoms with E-state index >= 15 is 0 Å². The third kappa shape index (κ3) is 7.72. The van der Waals surface area contributed by atoms with E-state index in [1.165, 1.54) is 6.26 Å². The fraction of sp³-hybridized carbons (Fsp3) is 0.343. The average molecular weight is 553 g/mol. The third-order valence-corrected chi connectivity index (χ3v) is 7.45. The fourth-order valence-corrected chi connectivity index (χ4v) is 5.04. The molecule has 2 amide bonds. The fourth-order valence-electron chi connectivity index (χ4n) is 5.04. The van der Waals surface area contributed by atoms with E-state index in [1.807, 2.05) is 86.6 Å².